The predicted octanol–water partition coefficient (Wildman–Crippen LogP) is 3.50. The number of hydrogen-bond acceptors (Lipinski definition) is 1. The Hall–Kier alpha value is -1.70. The Morgan fingerprint density at radius 3 is 2.81 bits per heavy atom. The Balaban J connectivity index is 2.04. The van der Waals surface area contributed by atoms with Crippen molar-refractivity contribution in [3.05, 3.63) is 53.3 Å². The van der Waals surface area contributed by atoms with E-state index in [1.807, 2.05) is 12.4 Å². The fraction of sp³-hybridized carbons (Fsp3) is 0.286. The number of rotatable bonds is 4. The van der Waals surface area contributed by atoms with Crippen LogP contribution in [0.25, 0.3) is 0 Å². The fourth-order valence-electron chi connectivity index (χ4n) is 1.83. The number of aromatic nitrogens is 1. The highest BCUT2D eigenvalue weighted by atomic mass is 14.9. The van der Waals surface area contributed by atoms with E-state index in [0.717, 1.165) is 13.0 Å². The van der Waals surface area contributed by atoms with Crippen LogP contribution in [0.4, 0.5) is 5.69 Å². The van der Waals surface area contributed by atoms with Crippen LogP contribution in [0.5, 0.6) is 0 Å². The first-order valence-electron chi connectivity index (χ1n) is 5.74. The molecule has 0 aliphatic rings. The lowest BCUT2D eigenvalue weighted by Gasteiger charge is -2.09. The molecule has 2 aromatic rings. The topological polar surface area (TPSA) is 27.8 Å². The van der Waals surface area contributed by atoms with Crippen molar-refractivity contribution in [3.63, 3.8) is 0 Å². The molecule has 0 saturated carbocycles. The monoisotopic (exact) mass is 214 g/mol. The van der Waals surface area contributed by atoms with Crippen molar-refractivity contribution in [1.29, 1.82) is 0 Å². The number of anilines is 1. The number of aromatic amines is 1. The van der Waals surface area contributed by atoms with Crippen LogP contribution in [-0.4, -0.2) is 4.98 Å². The van der Waals surface area contributed by atoms with E-state index in [2.05, 4.69) is 48.4 Å². The fourth-order valence-corrected chi connectivity index (χ4v) is 1.83. The SMILES string of the molecule is CCc1cc(NCc2cc[nH]c2)ccc1C. The zero-order valence-corrected chi connectivity index (χ0v) is 9.88. The normalized spacial score (nSPS) is 10.4. The minimum Gasteiger partial charge on any atom is -0.381 e. The van der Waals surface area contributed by atoms with E-state index in [0.29, 0.717) is 0 Å². The molecule has 16 heavy (non-hydrogen) atoms. The van der Waals surface area contributed by atoms with Crippen molar-refractivity contribution in [2.45, 2.75) is 26.8 Å². The van der Waals surface area contributed by atoms with Gasteiger partial charge in [0, 0.05) is 24.6 Å². The standard InChI is InChI=1S/C14H18N2/c1-3-13-8-14(5-4-11(13)2)16-10-12-6-7-15-9-12/h4-9,15-16H,3,10H2,1-2H3. The third-order valence-electron chi connectivity index (χ3n) is 2.89. The predicted molar refractivity (Wildman–Crippen MR) is 68.7 cm³/mol. The first-order valence-corrected chi connectivity index (χ1v) is 5.74. The number of aryl methyl sites for hydroxylation is 2. The van der Waals surface area contributed by atoms with Gasteiger partial charge in [-0.25, -0.2) is 0 Å². The van der Waals surface area contributed by atoms with E-state index in [4.69, 9.17) is 0 Å². The molecule has 0 saturated heterocycles. The van der Waals surface area contributed by atoms with E-state index in [1.165, 1.54) is 22.4 Å². The summed E-state index contributed by atoms with van der Waals surface area (Å²) in [5, 5.41) is 3.43. The summed E-state index contributed by atoms with van der Waals surface area (Å²) in [7, 11) is 0. The Labute approximate surface area is 96.7 Å². The molecule has 0 bridgehead atoms. The lowest BCUT2D eigenvalue weighted by atomic mass is 10.1. The van der Waals surface area contributed by atoms with Gasteiger partial charge in [-0.05, 0) is 48.2 Å². The summed E-state index contributed by atoms with van der Waals surface area (Å²) in [5.74, 6) is 0. The quantitative estimate of drug-likeness (QED) is 0.801. The van der Waals surface area contributed by atoms with Crippen molar-refractivity contribution in [2.75, 3.05) is 5.32 Å². The minimum atomic E-state index is 0.871. The van der Waals surface area contributed by atoms with E-state index >= 15 is 0 Å². The summed E-state index contributed by atoms with van der Waals surface area (Å²) in [6, 6.07) is 8.64. The Morgan fingerprint density at radius 1 is 1.25 bits per heavy atom. The molecule has 0 aliphatic heterocycles. The summed E-state index contributed by atoms with van der Waals surface area (Å²) in [4.78, 5) is 3.06. The average Bonchev–Trinajstić information content (AvgIpc) is 2.81. The molecule has 0 amide bonds. The largest absolute Gasteiger partial charge is 0.381 e. The molecule has 0 unspecified atom stereocenters. The third-order valence-corrected chi connectivity index (χ3v) is 2.89. The second-order valence-electron chi connectivity index (χ2n) is 4.07. The molecule has 1 aromatic carbocycles. The van der Waals surface area contributed by atoms with Crippen LogP contribution in [0.3, 0.4) is 0 Å². The van der Waals surface area contributed by atoms with E-state index < -0.39 is 0 Å². The summed E-state index contributed by atoms with van der Waals surface area (Å²) in [6.45, 7) is 5.22. The van der Waals surface area contributed by atoms with Crippen molar-refractivity contribution in [1.82, 2.24) is 4.98 Å². The van der Waals surface area contributed by atoms with E-state index in [9.17, 15) is 0 Å². The summed E-state index contributed by atoms with van der Waals surface area (Å²) in [6.07, 6.45) is 5.05. The highest BCUT2D eigenvalue weighted by Gasteiger charge is 1.98. The molecule has 0 fully saturated rings. The average molecular weight is 214 g/mol. The summed E-state index contributed by atoms with van der Waals surface area (Å²) < 4.78 is 0. The molecule has 2 heteroatoms. The Kier molecular flexibility index (Phi) is 3.30. The molecular formula is C14H18N2. The number of benzene rings is 1. The lowest BCUT2D eigenvalue weighted by molar-refractivity contribution is 1.09. The first kappa shape index (κ1) is 10.8. The van der Waals surface area contributed by atoms with Gasteiger partial charge in [0.05, 0.1) is 0 Å². The number of nitrogens with one attached hydrogen (secondary N) is 2. The molecule has 0 atom stereocenters. The number of hydrogen-bond donors (Lipinski definition) is 2. The highest BCUT2D eigenvalue weighted by molar-refractivity contribution is 5.48. The molecule has 2 rings (SSSR count). The molecule has 1 heterocycles. The molecule has 0 spiro atoms. The van der Waals surface area contributed by atoms with Gasteiger partial charge in [0.2, 0.25) is 0 Å². The van der Waals surface area contributed by atoms with Gasteiger partial charge >= 0.3 is 0 Å². The zero-order chi connectivity index (χ0) is 11.4. The summed E-state index contributed by atoms with van der Waals surface area (Å²) in [5.41, 5.74) is 5.26. The Bertz CT molecular complexity index is 444. The molecule has 1 aromatic heterocycles. The Morgan fingerprint density at radius 2 is 2.12 bits per heavy atom. The smallest absolute Gasteiger partial charge is 0.0415 e. The maximum Gasteiger partial charge on any atom is 0.0415 e. The highest BCUT2D eigenvalue weighted by Crippen LogP contribution is 2.16. The zero-order valence-electron chi connectivity index (χ0n) is 9.88. The third kappa shape index (κ3) is 2.45. The molecule has 0 aliphatic carbocycles. The van der Waals surface area contributed by atoms with E-state index in [1.54, 1.807) is 0 Å². The van der Waals surface area contributed by atoms with Crippen LogP contribution in [0.15, 0.2) is 36.7 Å². The van der Waals surface area contributed by atoms with Crippen LogP contribution < -0.4 is 5.32 Å². The number of H-pyrrole nitrogens is 1. The maximum atomic E-state index is 3.43. The van der Waals surface area contributed by atoms with Gasteiger partial charge in [0.15, 0.2) is 0 Å². The van der Waals surface area contributed by atoms with Crippen LogP contribution in [0.1, 0.15) is 23.6 Å². The molecule has 2 nitrogen and oxygen atoms in total. The van der Waals surface area contributed by atoms with Gasteiger partial charge in [-0.3, -0.25) is 0 Å². The second-order valence-corrected chi connectivity index (χ2v) is 4.07. The minimum absolute atomic E-state index is 0.871. The molecular weight excluding hydrogens is 196 g/mol. The molecule has 84 valence electrons. The van der Waals surface area contributed by atoms with Crippen molar-refractivity contribution in [3.8, 4) is 0 Å². The second kappa shape index (κ2) is 4.88. The van der Waals surface area contributed by atoms with Gasteiger partial charge < -0.3 is 10.3 Å². The van der Waals surface area contributed by atoms with E-state index in [-0.39, 0.29) is 0 Å². The van der Waals surface area contributed by atoms with Crippen LogP contribution >= 0.6 is 0 Å². The van der Waals surface area contributed by atoms with Crippen molar-refractivity contribution >= 4 is 5.69 Å². The van der Waals surface area contributed by atoms with Crippen LogP contribution in [0, 0.1) is 6.92 Å². The van der Waals surface area contributed by atoms with Gasteiger partial charge in [0.1, 0.15) is 0 Å². The molecule has 2 N–H and O–H groups in total. The van der Waals surface area contributed by atoms with Gasteiger partial charge in [-0.15, -0.1) is 0 Å². The summed E-state index contributed by atoms with van der Waals surface area (Å²) >= 11 is 0. The van der Waals surface area contributed by atoms with Gasteiger partial charge in [-0.1, -0.05) is 13.0 Å². The first-order chi connectivity index (χ1) is 7.79. The van der Waals surface area contributed by atoms with Gasteiger partial charge in [0.25, 0.3) is 0 Å². The maximum absolute atomic E-state index is 3.43. The van der Waals surface area contributed by atoms with Crippen LogP contribution in [-0.2, 0) is 13.0 Å². The van der Waals surface area contributed by atoms with Crippen LogP contribution in [0.2, 0.25) is 0 Å². The van der Waals surface area contributed by atoms with Crippen molar-refractivity contribution in [2.24, 2.45) is 0 Å². The lowest BCUT2D eigenvalue weighted by Crippen LogP contribution is -1.99. The van der Waals surface area contributed by atoms with Gasteiger partial charge in [-0.2, -0.15) is 0 Å². The van der Waals surface area contributed by atoms with Crippen molar-refractivity contribution < 1.29 is 0 Å². The molecule has 0 radical (unpaired) electrons.